The van der Waals surface area contributed by atoms with Crippen molar-refractivity contribution in [2.45, 2.75) is 40.2 Å². The van der Waals surface area contributed by atoms with Crippen molar-refractivity contribution < 1.29 is 4.79 Å². The number of carbonyl (C=O) groups excluding carboxylic acids is 1. The smallest absolute Gasteiger partial charge is 0.275 e. The van der Waals surface area contributed by atoms with Gasteiger partial charge >= 0.3 is 0 Å². The fourth-order valence-electron chi connectivity index (χ4n) is 2.04. The van der Waals surface area contributed by atoms with Crippen LogP contribution in [0.3, 0.4) is 0 Å². The van der Waals surface area contributed by atoms with Crippen LogP contribution >= 0.6 is 0 Å². The van der Waals surface area contributed by atoms with Crippen molar-refractivity contribution in [3.05, 3.63) is 46.4 Å². The van der Waals surface area contributed by atoms with Crippen LogP contribution in [-0.2, 0) is 4.79 Å². The van der Waals surface area contributed by atoms with E-state index < -0.39 is 11.5 Å². The quantitative estimate of drug-likeness (QED) is 0.907. The number of aromatic amines is 1. The van der Waals surface area contributed by atoms with Crippen molar-refractivity contribution in [3.8, 4) is 11.4 Å². The topological polar surface area (TPSA) is 87.7 Å². The van der Waals surface area contributed by atoms with E-state index in [0.29, 0.717) is 12.2 Å². The molecule has 0 saturated heterocycles. The van der Waals surface area contributed by atoms with Gasteiger partial charge in [-0.25, -0.2) is 0 Å². The van der Waals surface area contributed by atoms with Crippen LogP contribution in [0.2, 0.25) is 0 Å². The second-order valence-electron chi connectivity index (χ2n) is 6.44. The molecule has 0 spiro atoms. The molecule has 1 heterocycles. The summed E-state index contributed by atoms with van der Waals surface area (Å²) in [5, 5.41) is 11.0. The first-order valence-electron chi connectivity index (χ1n) is 7.66. The molecule has 0 saturated carbocycles. The van der Waals surface area contributed by atoms with E-state index in [4.69, 9.17) is 0 Å². The van der Waals surface area contributed by atoms with E-state index in [1.807, 2.05) is 58.0 Å². The molecule has 1 unspecified atom stereocenters. The van der Waals surface area contributed by atoms with Crippen LogP contribution in [0.15, 0.2) is 35.1 Å². The second-order valence-corrected chi connectivity index (χ2v) is 6.44. The average Bonchev–Trinajstić information content (AvgIpc) is 2.52. The van der Waals surface area contributed by atoms with Crippen LogP contribution < -0.4 is 10.9 Å². The minimum atomic E-state index is -0.530. The number of benzene rings is 1. The van der Waals surface area contributed by atoms with Gasteiger partial charge in [0.2, 0.25) is 5.91 Å². The van der Waals surface area contributed by atoms with Gasteiger partial charge in [-0.2, -0.15) is 0 Å². The Labute approximate surface area is 135 Å². The molecule has 6 nitrogen and oxygen atoms in total. The number of nitrogens with one attached hydrogen (secondary N) is 2. The van der Waals surface area contributed by atoms with Crippen molar-refractivity contribution in [3.63, 3.8) is 0 Å². The molecule has 2 rings (SSSR count). The van der Waals surface area contributed by atoms with E-state index in [9.17, 15) is 9.59 Å². The number of rotatable bonds is 4. The largest absolute Gasteiger partial charge is 0.347 e. The number of amides is 1. The van der Waals surface area contributed by atoms with Crippen molar-refractivity contribution in [1.82, 2.24) is 20.5 Å². The van der Waals surface area contributed by atoms with E-state index in [-0.39, 0.29) is 17.2 Å². The van der Waals surface area contributed by atoms with Gasteiger partial charge in [-0.1, -0.05) is 58.0 Å². The molecule has 23 heavy (non-hydrogen) atoms. The summed E-state index contributed by atoms with van der Waals surface area (Å²) in [6, 6.07) is 8.85. The zero-order valence-corrected chi connectivity index (χ0v) is 13.9. The second kappa shape index (κ2) is 6.73. The van der Waals surface area contributed by atoms with Gasteiger partial charge in [0, 0.05) is 11.0 Å². The molecule has 2 N–H and O–H groups in total. The Morgan fingerprint density at radius 3 is 2.39 bits per heavy atom. The third-order valence-corrected chi connectivity index (χ3v) is 3.49. The normalized spacial score (nSPS) is 12.7. The molecular formula is C17H22N4O2. The highest BCUT2D eigenvalue weighted by Gasteiger charge is 2.26. The number of carbonyl (C=O) groups is 1. The molecule has 122 valence electrons. The summed E-state index contributed by atoms with van der Waals surface area (Å²) in [6.45, 7) is 7.36. The Morgan fingerprint density at radius 1 is 1.22 bits per heavy atom. The maximum Gasteiger partial charge on any atom is 0.275 e. The molecule has 0 radical (unpaired) electrons. The number of nitrogens with zero attached hydrogens (tertiary/aromatic N) is 2. The summed E-state index contributed by atoms with van der Waals surface area (Å²) < 4.78 is 0. The van der Waals surface area contributed by atoms with E-state index in [1.54, 1.807) is 0 Å². The van der Waals surface area contributed by atoms with Gasteiger partial charge in [-0.15, -0.1) is 10.2 Å². The highest BCUT2D eigenvalue weighted by Crippen LogP contribution is 2.18. The molecule has 0 aliphatic heterocycles. The van der Waals surface area contributed by atoms with Crippen molar-refractivity contribution in [2.75, 3.05) is 0 Å². The number of aromatic nitrogens is 3. The lowest BCUT2D eigenvalue weighted by atomic mass is 9.95. The number of hydrogen-bond donors (Lipinski definition) is 2. The average molecular weight is 314 g/mol. The first-order valence-corrected chi connectivity index (χ1v) is 7.66. The first-order chi connectivity index (χ1) is 10.8. The monoisotopic (exact) mass is 314 g/mol. The minimum Gasteiger partial charge on any atom is -0.347 e. The number of hydrogen-bond acceptors (Lipinski definition) is 4. The maximum absolute atomic E-state index is 12.3. The summed E-state index contributed by atoms with van der Waals surface area (Å²) in [4.78, 5) is 27.2. The van der Waals surface area contributed by atoms with Crippen LogP contribution in [0.25, 0.3) is 11.4 Å². The van der Waals surface area contributed by atoms with Gasteiger partial charge in [-0.05, 0) is 6.42 Å². The third-order valence-electron chi connectivity index (χ3n) is 3.49. The van der Waals surface area contributed by atoms with Gasteiger partial charge < -0.3 is 10.3 Å². The Morgan fingerprint density at radius 2 is 1.87 bits per heavy atom. The van der Waals surface area contributed by atoms with Crippen molar-refractivity contribution in [2.24, 2.45) is 5.41 Å². The minimum absolute atomic E-state index is 0.127. The summed E-state index contributed by atoms with van der Waals surface area (Å²) in [5.74, 6) is 0.286. The van der Waals surface area contributed by atoms with E-state index in [2.05, 4.69) is 20.5 Å². The molecule has 1 aromatic carbocycles. The van der Waals surface area contributed by atoms with Crippen molar-refractivity contribution >= 4 is 5.91 Å². The molecular weight excluding hydrogens is 292 g/mol. The number of H-pyrrole nitrogens is 1. The van der Waals surface area contributed by atoms with Crippen LogP contribution in [-0.4, -0.2) is 21.1 Å². The zero-order valence-electron chi connectivity index (χ0n) is 13.9. The lowest BCUT2D eigenvalue weighted by molar-refractivity contribution is -0.129. The van der Waals surface area contributed by atoms with Crippen LogP contribution in [0.5, 0.6) is 0 Å². The van der Waals surface area contributed by atoms with Gasteiger partial charge in [-0.3, -0.25) is 9.59 Å². The Kier molecular flexibility index (Phi) is 4.93. The molecule has 1 amide bonds. The van der Waals surface area contributed by atoms with Crippen molar-refractivity contribution in [1.29, 1.82) is 0 Å². The summed E-state index contributed by atoms with van der Waals surface area (Å²) >= 11 is 0. The van der Waals surface area contributed by atoms with Crippen LogP contribution in [0, 0.1) is 5.41 Å². The predicted molar refractivity (Wildman–Crippen MR) is 88.7 cm³/mol. The SMILES string of the molecule is CCC(NC(=O)C(C)(C)C)c1nnc(-c2ccccc2)[nH]c1=O. The Bertz CT molecular complexity index is 732. The van der Waals surface area contributed by atoms with Gasteiger partial charge in [0.15, 0.2) is 11.5 Å². The fourth-order valence-corrected chi connectivity index (χ4v) is 2.04. The molecule has 1 atom stereocenters. The standard InChI is InChI=1S/C17H22N4O2/c1-5-12(18-16(23)17(2,3)4)13-15(22)19-14(21-20-13)11-9-7-6-8-10-11/h6-10,12H,5H2,1-4H3,(H,18,23)(H,19,21,22). The first kappa shape index (κ1) is 16.9. The van der Waals surface area contributed by atoms with Gasteiger partial charge in [0.1, 0.15) is 0 Å². The molecule has 1 aromatic heterocycles. The highest BCUT2D eigenvalue weighted by atomic mass is 16.2. The molecule has 2 aromatic rings. The maximum atomic E-state index is 12.3. The fraction of sp³-hybridized carbons (Fsp3) is 0.412. The molecule has 6 heteroatoms. The van der Waals surface area contributed by atoms with Crippen LogP contribution in [0.4, 0.5) is 0 Å². The Balaban J connectivity index is 2.29. The molecule has 0 aliphatic rings. The van der Waals surface area contributed by atoms with Gasteiger partial charge in [0.05, 0.1) is 6.04 Å². The van der Waals surface area contributed by atoms with Gasteiger partial charge in [0.25, 0.3) is 5.56 Å². The lowest BCUT2D eigenvalue weighted by Crippen LogP contribution is -2.39. The predicted octanol–water partition coefficient (Wildman–Crippen LogP) is 2.45. The van der Waals surface area contributed by atoms with E-state index >= 15 is 0 Å². The van der Waals surface area contributed by atoms with Crippen LogP contribution in [0.1, 0.15) is 45.9 Å². The summed E-state index contributed by atoms with van der Waals surface area (Å²) in [6.07, 6.45) is 0.560. The molecule has 0 fully saturated rings. The molecule has 0 aliphatic carbocycles. The lowest BCUT2D eigenvalue weighted by Gasteiger charge is -2.22. The molecule has 0 bridgehead atoms. The summed E-state index contributed by atoms with van der Waals surface area (Å²) in [7, 11) is 0. The van der Waals surface area contributed by atoms with E-state index in [0.717, 1.165) is 5.56 Å². The summed E-state index contributed by atoms with van der Waals surface area (Å²) in [5.41, 5.74) is 0.150. The Hall–Kier alpha value is -2.50. The van der Waals surface area contributed by atoms with E-state index in [1.165, 1.54) is 0 Å². The highest BCUT2D eigenvalue weighted by molar-refractivity contribution is 5.81. The third kappa shape index (κ3) is 4.03. The zero-order chi connectivity index (χ0) is 17.0.